The molecule has 4 aromatic rings. The molecule has 0 aromatic heterocycles. The van der Waals surface area contributed by atoms with Gasteiger partial charge in [0, 0.05) is 27.3 Å². The largest absolute Gasteiger partial charge is 0.481 e. The Hall–Kier alpha value is -2.80. The van der Waals surface area contributed by atoms with Crippen molar-refractivity contribution in [2.75, 3.05) is 12.3 Å². The molecule has 0 heterocycles. The van der Waals surface area contributed by atoms with Crippen LogP contribution in [-0.4, -0.2) is 43.6 Å². The molecule has 0 spiro atoms. The van der Waals surface area contributed by atoms with Crippen LogP contribution in [0.25, 0.3) is 0 Å². The molecule has 0 radical (unpaired) electrons. The zero-order valence-corrected chi connectivity index (χ0v) is 26.0. The van der Waals surface area contributed by atoms with E-state index in [2.05, 4.69) is 0 Å². The molecule has 0 aliphatic rings. The van der Waals surface area contributed by atoms with Gasteiger partial charge in [-0.2, -0.15) is 0 Å². The molecule has 0 amide bonds. The molecule has 4 aromatic carbocycles. The summed E-state index contributed by atoms with van der Waals surface area (Å²) in [7, 11) is -5.66. The van der Waals surface area contributed by atoms with Crippen molar-refractivity contribution >= 4 is 47.4 Å². The molecule has 0 aliphatic carbocycles. The Balaban J connectivity index is 0.000000253. The van der Waals surface area contributed by atoms with E-state index in [1.54, 1.807) is 48.5 Å². The smallest absolute Gasteiger partial charge is 0.316 e. The van der Waals surface area contributed by atoms with E-state index < -0.39 is 26.2 Å². The van der Waals surface area contributed by atoms with Crippen molar-refractivity contribution < 1.29 is 56.2 Å². The predicted molar refractivity (Wildman–Crippen MR) is 147 cm³/mol. The first-order valence-electron chi connectivity index (χ1n) is 11.1. The number of hydrogen-bond donors (Lipinski definition) is 2. The number of benzene rings is 4. The van der Waals surface area contributed by atoms with Crippen LogP contribution in [-0.2, 0) is 36.9 Å². The van der Waals surface area contributed by atoms with Gasteiger partial charge in [-0.1, -0.05) is 72.8 Å². The Morgan fingerprint density at radius 1 is 0.486 bits per heavy atom. The van der Waals surface area contributed by atoms with Gasteiger partial charge in [0.1, 0.15) is 0 Å². The van der Waals surface area contributed by atoms with Crippen LogP contribution in [0.5, 0.6) is 0 Å². The van der Waals surface area contributed by atoms with E-state index in [0.29, 0.717) is 21.2 Å². The van der Waals surface area contributed by atoms with Crippen LogP contribution in [0.4, 0.5) is 0 Å². The molecule has 0 aliphatic heterocycles. The Kier molecular flexibility index (Phi) is 11.7. The third-order valence-electron chi connectivity index (χ3n) is 5.46. The van der Waals surface area contributed by atoms with Crippen molar-refractivity contribution in [2.45, 2.75) is 0 Å². The molecule has 0 atom stereocenters. The summed E-state index contributed by atoms with van der Waals surface area (Å²) >= 11 is 0. The minimum Gasteiger partial charge on any atom is -0.481 e. The van der Waals surface area contributed by atoms with E-state index in [9.17, 15) is 18.7 Å². The molecule has 186 valence electrons. The number of carbonyl (C=O) groups is 2. The molecule has 0 saturated carbocycles. The second-order valence-electron chi connectivity index (χ2n) is 7.98. The standard InChI is InChI=1S/2C14H13O3P.Cd/c2*15-14(16)11-18(17,12-7-3-1-4-8-12)13-9-5-2-6-10-13;/h2*1-10H,11H2,(H,15,16);/p+2. The zero-order valence-electron chi connectivity index (χ0n) is 20.2. The fourth-order valence-electron chi connectivity index (χ4n) is 3.75. The van der Waals surface area contributed by atoms with Gasteiger partial charge in [-0.05, 0) is 48.5 Å². The van der Waals surface area contributed by atoms with Gasteiger partial charge in [0.2, 0.25) is 0 Å². The number of rotatable bonds is 8. The van der Waals surface area contributed by atoms with Gasteiger partial charge in [-0.15, -0.1) is 0 Å². The second kappa shape index (κ2) is 14.2. The van der Waals surface area contributed by atoms with Gasteiger partial charge in [0.25, 0.3) is 14.3 Å². The predicted octanol–water partition coefficient (Wildman–Crippen LogP) is 4.05. The molecule has 9 heteroatoms. The van der Waals surface area contributed by atoms with Crippen LogP contribution in [0.1, 0.15) is 0 Å². The van der Waals surface area contributed by atoms with Gasteiger partial charge in [-0.3, -0.25) is 9.59 Å². The topological polar surface area (TPSA) is 117 Å². The normalized spacial score (nSPS) is 10.8. The molecule has 0 fully saturated rings. The number of carboxylic acid groups (broad SMARTS) is 2. The van der Waals surface area contributed by atoms with Crippen LogP contribution < -0.4 is 21.2 Å². The third kappa shape index (κ3) is 8.09. The molecule has 37 heavy (non-hydrogen) atoms. The summed E-state index contributed by atoms with van der Waals surface area (Å²) in [4.78, 5) is 22.1. The molecule has 4 rings (SSSR count). The van der Waals surface area contributed by atoms with E-state index >= 15 is 0 Å². The maximum Gasteiger partial charge on any atom is 0.316 e. The molecule has 6 nitrogen and oxygen atoms in total. The van der Waals surface area contributed by atoms with E-state index in [-0.39, 0.29) is 39.6 Å². The monoisotopic (exact) mass is 636 g/mol. The van der Waals surface area contributed by atoms with Gasteiger partial charge in [-0.25, -0.2) is 0 Å². The van der Waals surface area contributed by atoms with Crippen molar-refractivity contribution in [3.63, 3.8) is 0 Å². The van der Waals surface area contributed by atoms with E-state index in [1.165, 1.54) is 0 Å². The zero-order chi connectivity index (χ0) is 26.0. The van der Waals surface area contributed by atoms with Crippen LogP contribution in [0.3, 0.4) is 0 Å². The second-order valence-corrected chi connectivity index (χ2v) is 13.8. The summed E-state index contributed by atoms with van der Waals surface area (Å²) in [5, 5.41) is 20.9. The van der Waals surface area contributed by atoms with Crippen molar-refractivity contribution in [1.29, 1.82) is 0 Å². The van der Waals surface area contributed by atoms with Crippen LogP contribution in [0.15, 0.2) is 121 Å². The first kappa shape index (κ1) is 30.4. The Bertz CT molecular complexity index is 1190. The van der Waals surface area contributed by atoms with Crippen molar-refractivity contribution in [3.05, 3.63) is 121 Å². The van der Waals surface area contributed by atoms with E-state index in [4.69, 9.17) is 10.2 Å². The van der Waals surface area contributed by atoms with Gasteiger partial charge in [0.05, 0.1) is 21.2 Å². The average Bonchev–Trinajstić information content (AvgIpc) is 2.90. The molecule has 0 saturated heterocycles. The fourth-order valence-corrected chi connectivity index (χ4v) is 8.52. The Morgan fingerprint density at radius 2 is 0.676 bits per heavy atom. The number of carboxylic acids is 2. The summed E-state index contributed by atoms with van der Waals surface area (Å²) in [6.07, 6.45) is -0.498. The molecular formula is C28H28CdO6P2+2. The fraction of sp³-hybridized carbons (Fsp3) is 0.0714. The summed E-state index contributed by atoms with van der Waals surface area (Å²) in [5.41, 5.74) is 0. The Labute approximate surface area is 236 Å². The summed E-state index contributed by atoms with van der Waals surface area (Å²) in [6, 6.07) is 36.1. The van der Waals surface area contributed by atoms with Crippen LogP contribution in [0.2, 0.25) is 0 Å². The average molecular weight is 635 g/mol. The number of hydrogen-bond acceptors (Lipinski definition) is 2. The quantitative estimate of drug-likeness (QED) is 0.173. The Morgan fingerprint density at radius 3 is 0.838 bits per heavy atom. The van der Waals surface area contributed by atoms with Crippen molar-refractivity contribution in [3.8, 4) is 0 Å². The first-order valence-corrected chi connectivity index (χ1v) is 15.0. The molecule has 4 N–H and O–H groups in total. The summed E-state index contributed by atoms with van der Waals surface area (Å²) in [5.74, 6) is -1.97. The maximum absolute atomic E-state index is 11.0. The summed E-state index contributed by atoms with van der Waals surface area (Å²) < 4.78 is 21.7. The van der Waals surface area contributed by atoms with E-state index in [1.807, 2.05) is 72.8 Å². The minimum atomic E-state index is -2.83. The maximum atomic E-state index is 11.0. The molecule has 0 unspecified atom stereocenters. The van der Waals surface area contributed by atoms with Gasteiger partial charge in [0.15, 0.2) is 12.3 Å². The van der Waals surface area contributed by atoms with Gasteiger partial charge >= 0.3 is 11.9 Å². The third-order valence-corrected chi connectivity index (χ3v) is 11.5. The molecule has 0 bridgehead atoms. The molecular weight excluding hydrogens is 607 g/mol. The number of aliphatic carboxylic acids is 2. The van der Waals surface area contributed by atoms with Crippen molar-refractivity contribution in [1.82, 2.24) is 0 Å². The van der Waals surface area contributed by atoms with Crippen LogP contribution >= 0.6 is 14.3 Å². The van der Waals surface area contributed by atoms with Crippen molar-refractivity contribution in [2.24, 2.45) is 0 Å². The van der Waals surface area contributed by atoms with Crippen LogP contribution in [0, 0.1) is 0 Å². The minimum absolute atomic E-state index is 0. The SMILES string of the molecule is O=C(O)CP(=[OH+])(c1ccccc1)c1ccccc1.O=C(O)CP(=[OH+])(c1ccccc1)c1ccccc1.[Cd]. The van der Waals surface area contributed by atoms with Gasteiger partial charge < -0.3 is 19.3 Å². The summed E-state index contributed by atoms with van der Waals surface area (Å²) in [6.45, 7) is 0. The van der Waals surface area contributed by atoms with E-state index in [0.717, 1.165) is 0 Å². The first-order chi connectivity index (χ1) is 17.3.